The molecule has 0 radical (unpaired) electrons. The largest absolute Gasteiger partial charge is 0.472 e. The maximum atomic E-state index is 14.3. The zero-order valence-electron chi connectivity index (χ0n) is 56.8. The molecule has 25 heteroatoms. The zero-order chi connectivity index (χ0) is 68.2. The van der Waals surface area contributed by atoms with Gasteiger partial charge in [-0.2, -0.15) is 0 Å². The van der Waals surface area contributed by atoms with Gasteiger partial charge in [-0.15, -0.1) is 0 Å². The standard InChI is InChI=1S/C68H127O24P/c1-4-7-10-13-16-19-22-25-28-31-33-36-39-42-52(70)84-46-49(87-54(72)44-41-38-35-32-29-26-23-20-17-14-11-8-5-2)47-86-93(82,83)92-66-64(90-67-62(80)57(75)55(73)50(45-69)88-67)60(78)59(77)61(79)65(66)91-68-63(81)58(76)56(74)51(89-68)48-85-53(71)43-40-37-34-30-27-24-21-18-15-12-9-6-3/h49-51,55-69,73-81H,4-48H2,1-3H3,(H,82,83). The third kappa shape index (κ3) is 35.0. The predicted octanol–water partition coefficient (Wildman–Crippen LogP) is 9.01. The molecule has 1 saturated carbocycles. The number of carbonyl (C=O) groups is 3. The van der Waals surface area contributed by atoms with E-state index in [-0.39, 0.29) is 19.3 Å². The van der Waals surface area contributed by atoms with Crippen LogP contribution in [0.15, 0.2) is 0 Å². The molecule has 11 N–H and O–H groups in total. The van der Waals surface area contributed by atoms with Crippen LogP contribution in [0, 0.1) is 0 Å². The van der Waals surface area contributed by atoms with Gasteiger partial charge in [0.25, 0.3) is 0 Å². The van der Waals surface area contributed by atoms with E-state index < -0.39 is 156 Å². The van der Waals surface area contributed by atoms with Gasteiger partial charge in [0, 0.05) is 19.3 Å². The lowest BCUT2D eigenvalue weighted by atomic mass is 9.84. The lowest BCUT2D eigenvalue weighted by Crippen LogP contribution is -2.69. The lowest BCUT2D eigenvalue weighted by molar-refractivity contribution is -0.360. The Morgan fingerprint density at radius 2 is 0.688 bits per heavy atom. The highest BCUT2D eigenvalue weighted by molar-refractivity contribution is 7.47. The molecule has 0 aromatic rings. The summed E-state index contributed by atoms with van der Waals surface area (Å²) < 4.78 is 64.9. The summed E-state index contributed by atoms with van der Waals surface area (Å²) in [5, 5.41) is 110. The molecule has 0 aromatic heterocycles. The number of hydrogen-bond donors (Lipinski definition) is 11. The van der Waals surface area contributed by atoms with Gasteiger partial charge in [-0.1, -0.05) is 245 Å². The van der Waals surface area contributed by atoms with Crippen molar-refractivity contribution in [1.82, 2.24) is 0 Å². The average molecular weight is 1360 g/mol. The van der Waals surface area contributed by atoms with E-state index >= 15 is 0 Å². The first-order valence-corrected chi connectivity index (χ1v) is 37.8. The van der Waals surface area contributed by atoms with Crippen LogP contribution in [-0.2, 0) is 61.2 Å². The molecule has 18 unspecified atom stereocenters. The van der Waals surface area contributed by atoms with Gasteiger partial charge < -0.3 is 89.1 Å². The van der Waals surface area contributed by atoms with Crippen molar-refractivity contribution in [3.05, 3.63) is 0 Å². The summed E-state index contributed by atoms with van der Waals surface area (Å²) in [7, 11) is -5.69. The highest BCUT2D eigenvalue weighted by atomic mass is 31.2. The average Bonchev–Trinajstić information content (AvgIpc) is 0.781. The second-order valence-corrected chi connectivity index (χ2v) is 27.7. The van der Waals surface area contributed by atoms with Crippen LogP contribution < -0.4 is 0 Å². The number of rotatable bonds is 56. The first-order chi connectivity index (χ1) is 44.8. The Morgan fingerprint density at radius 1 is 0.376 bits per heavy atom. The molecule has 548 valence electrons. The van der Waals surface area contributed by atoms with Crippen molar-refractivity contribution in [2.75, 3.05) is 26.4 Å². The quantitative estimate of drug-likeness (QED) is 0.0117. The fourth-order valence-corrected chi connectivity index (χ4v) is 13.1. The smallest absolute Gasteiger partial charge is 0.463 e. The zero-order valence-corrected chi connectivity index (χ0v) is 57.7. The fourth-order valence-electron chi connectivity index (χ4n) is 12.2. The molecule has 24 nitrogen and oxygen atoms in total. The molecule has 0 spiro atoms. The number of ether oxygens (including phenoxy) is 7. The van der Waals surface area contributed by atoms with E-state index in [1.807, 2.05) is 0 Å². The molecule has 0 bridgehead atoms. The van der Waals surface area contributed by atoms with Crippen molar-refractivity contribution in [1.29, 1.82) is 0 Å². The number of phosphoric ester groups is 1. The van der Waals surface area contributed by atoms with Gasteiger partial charge in [0.1, 0.15) is 98.7 Å². The summed E-state index contributed by atoms with van der Waals surface area (Å²) in [5.41, 5.74) is 0. The first-order valence-electron chi connectivity index (χ1n) is 36.3. The van der Waals surface area contributed by atoms with Gasteiger partial charge in [0.15, 0.2) is 18.7 Å². The van der Waals surface area contributed by atoms with Gasteiger partial charge in [-0.25, -0.2) is 4.57 Å². The Kier molecular flexibility index (Phi) is 46.9. The van der Waals surface area contributed by atoms with Crippen LogP contribution in [0.1, 0.15) is 284 Å². The second-order valence-electron chi connectivity index (χ2n) is 26.3. The summed E-state index contributed by atoms with van der Waals surface area (Å²) >= 11 is 0. The molecule has 1 aliphatic carbocycles. The van der Waals surface area contributed by atoms with Crippen molar-refractivity contribution in [2.45, 2.75) is 388 Å². The number of phosphoric acid groups is 1. The van der Waals surface area contributed by atoms with Gasteiger partial charge in [-0.05, 0) is 19.3 Å². The minimum absolute atomic E-state index is 0.0331. The Bertz CT molecular complexity index is 1940. The number of unbranched alkanes of at least 4 members (excludes halogenated alkanes) is 35. The van der Waals surface area contributed by atoms with Crippen LogP contribution in [0.2, 0.25) is 0 Å². The second kappa shape index (κ2) is 51.2. The van der Waals surface area contributed by atoms with Gasteiger partial charge in [0.05, 0.1) is 13.2 Å². The molecule has 3 aliphatic rings. The van der Waals surface area contributed by atoms with Crippen LogP contribution in [0.3, 0.4) is 0 Å². The van der Waals surface area contributed by atoms with E-state index in [0.717, 1.165) is 89.9 Å². The van der Waals surface area contributed by atoms with Gasteiger partial charge >= 0.3 is 25.7 Å². The Labute approximate surface area is 555 Å². The normalized spacial score (nSPS) is 28.4. The molecule has 93 heavy (non-hydrogen) atoms. The molecule has 2 aliphatic heterocycles. The third-order valence-electron chi connectivity index (χ3n) is 18.1. The minimum Gasteiger partial charge on any atom is -0.463 e. The van der Waals surface area contributed by atoms with Gasteiger partial charge in [0.2, 0.25) is 0 Å². The molecule has 3 rings (SSSR count). The highest BCUT2D eigenvalue weighted by Crippen LogP contribution is 2.49. The monoisotopic (exact) mass is 1360 g/mol. The number of carbonyl (C=O) groups excluding carboxylic acids is 3. The maximum absolute atomic E-state index is 14.3. The highest BCUT2D eigenvalue weighted by Gasteiger charge is 2.58. The topological polar surface area (TPSA) is 374 Å². The van der Waals surface area contributed by atoms with Crippen molar-refractivity contribution >= 4 is 25.7 Å². The van der Waals surface area contributed by atoms with E-state index in [2.05, 4.69) is 20.8 Å². The van der Waals surface area contributed by atoms with Crippen LogP contribution in [-0.4, -0.2) is 204 Å². The van der Waals surface area contributed by atoms with Crippen LogP contribution in [0.5, 0.6) is 0 Å². The summed E-state index contributed by atoms with van der Waals surface area (Å²) in [5.74, 6) is -1.98. The molecule has 2 saturated heterocycles. The maximum Gasteiger partial charge on any atom is 0.472 e. The first kappa shape index (κ1) is 85.2. The van der Waals surface area contributed by atoms with E-state index in [1.54, 1.807) is 0 Å². The van der Waals surface area contributed by atoms with Crippen molar-refractivity contribution in [3.63, 3.8) is 0 Å². The number of esters is 3. The molecular formula is C68H127O24P. The number of hydrogen-bond acceptors (Lipinski definition) is 23. The van der Waals surface area contributed by atoms with Crippen molar-refractivity contribution < 1.29 is 117 Å². The van der Waals surface area contributed by atoms with Crippen LogP contribution in [0.25, 0.3) is 0 Å². The van der Waals surface area contributed by atoms with Crippen LogP contribution in [0.4, 0.5) is 0 Å². The third-order valence-corrected chi connectivity index (χ3v) is 19.1. The molecule has 0 amide bonds. The SMILES string of the molecule is CCCCCCCCCCCCCCCC(=O)OCC(COP(=O)(O)OC1C(OC2OC(CO)C(O)C(O)C2O)C(O)C(O)C(O)C1OC1OC(COC(=O)CCCCCCCCCCCCCC)C(O)C(O)C1O)OC(=O)CCCCCCCCCCCCCCC. The fraction of sp³-hybridized carbons (Fsp3) is 0.956. The van der Waals surface area contributed by atoms with Gasteiger partial charge in [-0.3, -0.25) is 23.4 Å². The summed E-state index contributed by atoms with van der Waals surface area (Å²) in [6, 6.07) is 0. The number of aliphatic hydroxyl groups is 10. The van der Waals surface area contributed by atoms with Crippen molar-refractivity contribution in [2.24, 2.45) is 0 Å². The lowest BCUT2D eigenvalue weighted by Gasteiger charge is -2.49. The Balaban J connectivity index is 1.75. The minimum atomic E-state index is -5.69. The van der Waals surface area contributed by atoms with E-state index in [9.17, 15) is 74.9 Å². The number of aliphatic hydroxyl groups excluding tert-OH is 10. The molecule has 2 heterocycles. The molecule has 18 atom stereocenters. The summed E-state index contributed by atoms with van der Waals surface area (Å²) in [4.78, 5) is 50.8. The molecule has 0 aromatic carbocycles. The summed E-state index contributed by atoms with van der Waals surface area (Å²) in [6.07, 6.45) is 6.19. The Morgan fingerprint density at radius 3 is 1.05 bits per heavy atom. The van der Waals surface area contributed by atoms with E-state index in [4.69, 9.17) is 42.2 Å². The van der Waals surface area contributed by atoms with E-state index in [0.29, 0.717) is 19.3 Å². The predicted molar refractivity (Wildman–Crippen MR) is 347 cm³/mol. The van der Waals surface area contributed by atoms with E-state index in [1.165, 1.54) is 135 Å². The van der Waals surface area contributed by atoms with Crippen molar-refractivity contribution in [3.8, 4) is 0 Å². The Hall–Kier alpha value is -2.04. The molecule has 3 fully saturated rings. The van der Waals surface area contributed by atoms with Crippen LogP contribution >= 0.6 is 7.82 Å². The molecular weight excluding hydrogens is 1230 g/mol. The summed E-state index contributed by atoms with van der Waals surface area (Å²) in [6.45, 7) is 3.43.